The van der Waals surface area contributed by atoms with Crippen LogP contribution in [0.4, 0.5) is 11.5 Å². The van der Waals surface area contributed by atoms with Crippen LogP contribution < -0.4 is 11.1 Å². The van der Waals surface area contributed by atoms with Gasteiger partial charge in [-0.25, -0.2) is 4.98 Å². The first-order valence-corrected chi connectivity index (χ1v) is 7.47. The van der Waals surface area contributed by atoms with Crippen LogP contribution in [0.25, 0.3) is 0 Å². The second-order valence-corrected chi connectivity index (χ2v) is 5.66. The quantitative estimate of drug-likeness (QED) is 0.910. The third kappa shape index (κ3) is 3.09. The smallest absolute Gasteiger partial charge is 0.248 e. The van der Waals surface area contributed by atoms with Crippen LogP contribution in [-0.2, 0) is 0 Å². The number of carbonyl (C=O) groups is 1. The number of likely N-dealkylation sites (tertiary alicyclic amines) is 1. The molecule has 5 heteroatoms. The van der Waals surface area contributed by atoms with Crippen molar-refractivity contribution in [2.75, 3.05) is 18.9 Å². The second kappa shape index (κ2) is 6.15. The van der Waals surface area contributed by atoms with E-state index in [1.807, 2.05) is 18.2 Å². The summed E-state index contributed by atoms with van der Waals surface area (Å²) in [6, 6.07) is 13.5. The third-order valence-corrected chi connectivity index (χ3v) is 4.05. The Kier molecular flexibility index (Phi) is 4.06. The lowest BCUT2D eigenvalue weighted by atomic mass is 10.1. The molecule has 1 fully saturated rings. The molecule has 1 amide bonds. The monoisotopic (exact) mass is 296 g/mol. The van der Waals surface area contributed by atoms with Gasteiger partial charge in [0.2, 0.25) is 5.91 Å². The van der Waals surface area contributed by atoms with E-state index < -0.39 is 5.91 Å². The molecule has 0 bridgehead atoms. The maximum absolute atomic E-state index is 11.2. The Morgan fingerprint density at radius 3 is 2.86 bits per heavy atom. The predicted octanol–water partition coefficient (Wildman–Crippen LogP) is 2.69. The van der Waals surface area contributed by atoms with Gasteiger partial charge in [0, 0.05) is 11.3 Å². The summed E-state index contributed by atoms with van der Waals surface area (Å²) in [6.07, 6.45) is 2.35. The minimum Gasteiger partial charge on any atom is -0.366 e. The molecule has 2 heterocycles. The van der Waals surface area contributed by atoms with Crippen molar-refractivity contribution in [3.63, 3.8) is 0 Å². The zero-order valence-electron chi connectivity index (χ0n) is 12.6. The molecule has 3 N–H and O–H groups in total. The standard InChI is InChI=1S/C17H20N4O/c1-21-10-4-8-15(21)14-7-3-9-16(20-14)19-13-6-2-5-12(11-13)17(18)22/h2-3,5-7,9,11,15H,4,8,10H2,1H3,(H2,18,22)(H,19,20)/t15-/m0/s1. The average Bonchev–Trinajstić information content (AvgIpc) is 2.94. The van der Waals surface area contributed by atoms with Crippen molar-refractivity contribution in [1.29, 1.82) is 0 Å². The molecule has 1 atom stereocenters. The number of hydrogen-bond acceptors (Lipinski definition) is 4. The number of amides is 1. The zero-order chi connectivity index (χ0) is 15.5. The van der Waals surface area contributed by atoms with Crippen LogP contribution in [0.5, 0.6) is 0 Å². The van der Waals surface area contributed by atoms with Crippen molar-refractivity contribution in [3.8, 4) is 0 Å². The molecule has 1 aromatic heterocycles. The molecule has 0 saturated carbocycles. The van der Waals surface area contributed by atoms with Crippen molar-refractivity contribution in [1.82, 2.24) is 9.88 Å². The molecule has 22 heavy (non-hydrogen) atoms. The van der Waals surface area contributed by atoms with Crippen LogP contribution in [0.2, 0.25) is 0 Å². The second-order valence-electron chi connectivity index (χ2n) is 5.66. The van der Waals surface area contributed by atoms with Crippen LogP contribution in [0.1, 0.15) is 34.9 Å². The number of hydrogen-bond donors (Lipinski definition) is 2. The Hall–Kier alpha value is -2.40. The van der Waals surface area contributed by atoms with E-state index in [1.165, 1.54) is 6.42 Å². The molecule has 114 valence electrons. The van der Waals surface area contributed by atoms with Crippen molar-refractivity contribution in [2.45, 2.75) is 18.9 Å². The van der Waals surface area contributed by atoms with Gasteiger partial charge in [-0.3, -0.25) is 9.69 Å². The van der Waals surface area contributed by atoms with E-state index in [0.717, 1.165) is 30.2 Å². The molecule has 2 aromatic rings. The zero-order valence-corrected chi connectivity index (χ0v) is 12.6. The van der Waals surface area contributed by atoms with Gasteiger partial charge in [-0.15, -0.1) is 0 Å². The average molecular weight is 296 g/mol. The van der Waals surface area contributed by atoms with Crippen LogP contribution in [0.3, 0.4) is 0 Å². The number of aromatic nitrogens is 1. The normalized spacial score (nSPS) is 18.3. The Balaban J connectivity index is 1.81. The third-order valence-electron chi connectivity index (χ3n) is 4.05. The number of rotatable bonds is 4. The number of nitrogens with zero attached hydrogens (tertiary/aromatic N) is 2. The number of nitrogens with one attached hydrogen (secondary N) is 1. The summed E-state index contributed by atoms with van der Waals surface area (Å²) < 4.78 is 0. The molecule has 1 aliphatic heterocycles. The Bertz CT molecular complexity index is 686. The van der Waals surface area contributed by atoms with Crippen molar-refractivity contribution in [3.05, 3.63) is 53.7 Å². The van der Waals surface area contributed by atoms with E-state index >= 15 is 0 Å². The van der Waals surface area contributed by atoms with Crippen LogP contribution in [-0.4, -0.2) is 29.4 Å². The highest BCUT2D eigenvalue weighted by molar-refractivity contribution is 5.93. The highest BCUT2D eigenvalue weighted by Crippen LogP contribution is 2.29. The van der Waals surface area contributed by atoms with Gasteiger partial charge in [-0.1, -0.05) is 12.1 Å². The number of pyridine rings is 1. The summed E-state index contributed by atoms with van der Waals surface area (Å²) in [4.78, 5) is 18.3. The van der Waals surface area contributed by atoms with Gasteiger partial charge in [0.15, 0.2) is 0 Å². The fourth-order valence-corrected chi connectivity index (χ4v) is 2.89. The highest BCUT2D eigenvalue weighted by atomic mass is 16.1. The Labute approximate surface area is 130 Å². The lowest BCUT2D eigenvalue weighted by molar-refractivity contribution is 0.100. The molecule has 0 unspecified atom stereocenters. The minimum atomic E-state index is -0.432. The first-order valence-electron chi connectivity index (χ1n) is 7.47. The van der Waals surface area contributed by atoms with Gasteiger partial charge in [0.05, 0.1) is 11.7 Å². The fraction of sp³-hybridized carbons (Fsp3) is 0.294. The van der Waals surface area contributed by atoms with Gasteiger partial charge >= 0.3 is 0 Å². The maximum atomic E-state index is 11.2. The fourth-order valence-electron chi connectivity index (χ4n) is 2.89. The van der Waals surface area contributed by atoms with Gasteiger partial charge in [-0.05, 0) is 56.8 Å². The van der Waals surface area contributed by atoms with E-state index in [2.05, 4.69) is 23.3 Å². The molecule has 0 aliphatic carbocycles. The van der Waals surface area contributed by atoms with Gasteiger partial charge in [0.25, 0.3) is 0 Å². The minimum absolute atomic E-state index is 0.388. The number of nitrogens with two attached hydrogens (primary N) is 1. The number of benzene rings is 1. The molecular formula is C17H20N4O. The summed E-state index contributed by atoms with van der Waals surface area (Å²) in [5.74, 6) is 0.345. The molecule has 5 nitrogen and oxygen atoms in total. The van der Waals surface area contributed by atoms with Crippen molar-refractivity contribution < 1.29 is 4.79 Å². The summed E-state index contributed by atoms with van der Waals surface area (Å²) in [5, 5.41) is 3.24. The molecule has 0 spiro atoms. The van der Waals surface area contributed by atoms with E-state index in [-0.39, 0.29) is 0 Å². The SMILES string of the molecule is CN1CCC[C@H]1c1cccc(Nc2cccc(C(N)=O)c2)n1. The van der Waals surface area contributed by atoms with E-state index in [1.54, 1.807) is 18.2 Å². The van der Waals surface area contributed by atoms with Crippen molar-refractivity contribution >= 4 is 17.4 Å². The van der Waals surface area contributed by atoms with E-state index in [9.17, 15) is 4.79 Å². The molecule has 1 aliphatic rings. The molecular weight excluding hydrogens is 276 g/mol. The van der Waals surface area contributed by atoms with Gasteiger partial charge < -0.3 is 11.1 Å². The van der Waals surface area contributed by atoms with E-state index in [4.69, 9.17) is 10.7 Å². The maximum Gasteiger partial charge on any atom is 0.248 e. The van der Waals surface area contributed by atoms with Crippen LogP contribution >= 0.6 is 0 Å². The summed E-state index contributed by atoms with van der Waals surface area (Å²) in [6.45, 7) is 1.12. The predicted molar refractivity (Wildman–Crippen MR) is 87.1 cm³/mol. The van der Waals surface area contributed by atoms with Crippen LogP contribution in [0.15, 0.2) is 42.5 Å². The van der Waals surface area contributed by atoms with Crippen LogP contribution in [0, 0.1) is 0 Å². The lowest BCUT2D eigenvalue weighted by Crippen LogP contribution is -2.18. The summed E-state index contributed by atoms with van der Waals surface area (Å²) >= 11 is 0. The largest absolute Gasteiger partial charge is 0.366 e. The number of anilines is 2. The first-order chi connectivity index (χ1) is 10.6. The Morgan fingerprint density at radius 1 is 1.32 bits per heavy atom. The molecule has 1 saturated heterocycles. The highest BCUT2D eigenvalue weighted by Gasteiger charge is 2.23. The topological polar surface area (TPSA) is 71.2 Å². The molecule has 1 aromatic carbocycles. The molecule has 3 rings (SSSR count). The first kappa shape index (κ1) is 14.5. The Morgan fingerprint density at radius 2 is 2.14 bits per heavy atom. The lowest BCUT2D eigenvalue weighted by Gasteiger charge is -2.19. The number of primary amides is 1. The van der Waals surface area contributed by atoms with Gasteiger partial charge in [0.1, 0.15) is 5.82 Å². The summed E-state index contributed by atoms with van der Waals surface area (Å²) in [7, 11) is 2.13. The van der Waals surface area contributed by atoms with E-state index in [0.29, 0.717) is 11.6 Å². The van der Waals surface area contributed by atoms with Crippen molar-refractivity contribution in [2.24, 2.45) is 5.73 Å². The van der Waals surface area contributed by atoms with Gasteiger partial charge in [-0.2, -0.15) is 0 Å². The summed E-state index contributed by atoms with van der Waals surface area (Å²) in [5.41, 5.74) is 7.68. The molecule has 0 radical (unpaired) electrons. The number of carbonyl (C=O) groups excluding carboxylic acids is 1.